The van der Waals surface area contributed by atoms with E-state index in [-0.39, 0.29) is 11.1 Å². The molecule has 0 bridgehead atoms. The van der Waals surface area contributed by atoms with E-state index in [2.05, 4.69) is 9.46 Å². The number of sulfonamides is 2. The van der Waals surface area contributed by atoms with Gasteiger partial charge in [-0.2, -0.15) is 13.2 Å². The molecule has 4 aromatic carbocycles. The lowest BCUT2D eigenvalue weighted by Gasteiger charge is -2.17. The van der Waals surface area contributed by atoms with Crippen molar-refractivity contribution in [2.45, 2.75) is 22.3 Å². The van der Waals surface area contributed by atoms with Gasteiger partial charge in [0, 0.05) is 5.56 Å². The highest BCUT2D eigenvalue weighted by Gasteiger charge is 2.32. The predicted octanol–water partition coefficient (Wildman–Crippen LogP) is 7.01. The van der Waals surface area contributed by atoms with Gasteiger partial charge in [0.2, 0.25) is 0 Å². The van der Waals surface area contributed by atoms with Crippen LogP contribution in [0.5, 0.6) is 5.75 Å². The Labute approximate surface area is 234 Å². The van der Waals surface area contributed by atoms with E-state index in [1.807, 2.05) is 4.72 Å². The highest BCUT2D eigenvalue weighted by Crippen LogP contribution is 2.35. The summed E-state index contributed by atoms with van der Waals surface area (Å²) in [5, 5.41) is 0. The number of rotatable bonds is 8. The molecule has 4 rings (SSSR count). The summed E-state index contributed by atoms with van der Waals surface area (Å²) < 4.78 is 151. The first-order chi connectivity index (χ1) is 19.4. The van der Waals surface area contributed by atoms with Crippen LogP contribution in [0.25, 0.3) is 11.1 Å². The quantitative estimate of drug-likeness (QED) is 0.203. The smallest absolute Gasteiger partial charge is 0.406 e. The van der Waals surface area contributed by atoms with Gasteiger partial charge in [-0.3, -0.25) is 9.44 Å². The molecular formula is C26H17F7N2O5S2. The highest BCUT2D eigenvalue weighted by atomic mass is 32.2. The number of hydrogen-bond acceptors (Lipinski definition) is 5. The van der Waals surface area contributed by atoms with Crippen LogP contribution in [0.2, 0.25) is 0 Å². The first-order valence-corrected chi connectivity index (χ1v) is 14.4. The lowest BCUT2D eigenvalue weighted by Crippen LogP contribution is -2.19. The van der Waals surface area contributed by atoms with Crippen LogP contribution in [-0.4, -0.2) is 23.2 Å². The van der Waals surface area contributed by atoms with E-state index in [1.54, 1.807) is 0 Å². The Kier molecular flexibility index (Phi) is 8.15. The van der Waals surface area contributed by atoms with Crippen molar-refractivity contribution in [3.8, 4) is 16.9 Å². The lowest BCUT2D eigenvalue weighted by atomic mass is 10.0. The summed E-state index contributed by atoms with van der Waals surface area (Å²) in [7, 11) is -9.35. The molecule has 0 aliphatic rings. The minimum Gasteiger partial charge on any atom is -0.406 e. The Morgan fingerprint density at radius 2 is 1.24 bits per heavy atom. The average molecular weight is 635 g/mol. The number of benzene rings is 4. The van der Waals surface area contributed by atoms with Gasteiger partial charge in [-0.15, -0.1) is 13.2 Å². The van der Waals surface area contributed by atoms with Crippen molar-refractivity contribution in [2.24, 2.45) is 0 Å². The molecule has 0 spiro atoms. The maximum absolute atomic E-state index is 14.5. The summed E-state index contributed by atoms with van der Waals surface area (Å²) >= 11 is 0. The number of alkyl halides is 6. The SMILES string of the molecule is O=S(=O)(Nc1ccc(-c2ccccc2F)cc1NS(=O)(=O)c1cccc(C(F)(F)F)c1)c1ccc(OC(F)(F)F)cc1. The number of hydrogen-bond donors (Lipinski definition) is 2. The van der Waals surface area contributed by atoms with Crippen molar-refractivity contribution in [1.29, 1.82) is 0 Å². The molecule has 4 aromatic rings. The molecule has 0 heterocycles. The van der Waals surface area contributed by atoms with E-state index >= 15 is 0 Å². The van der Waals surface area contributed by atoms with E-state index in [0.29, 0.717) is 12.1 Å². The third-order valence-corrected chi connectivity index (χ3v) is 8.28. The molecule has 2 N–H and O–H groups in total. The Morgan fingerprint density at radius 3 is 1.86 bits per heavy atom. The van der Waals surface area contributed by atoms with Crippen LogP contribution >= 0.6 is 0 Å². The molecular weight excluding hydrogens is 617 g/mol. The van der Waals surface area contributed by atoms with Crippen molar-refractivity contribution in [1.82, 2.24) is 0 Å². The Balaban J connectivity index is 1.75. The van der Waals surface area contributed by atoms with Gasteiger partial charge in [0.15, 0.2) is 0 Å². The van der Waals surface area contributed by atoms with Crippen molar-refractivity contribution in [2.75, 3.05) is 9.44 Å². The van der Waals surface area contributed by atoms with Crippen molar-refractivity contribution >= 4 is 31.4 Å². The van der Waals surface area contributed by atoms with Crippen molar-refractivity contribution in [3.05, 3.63) is 102 Å². The summed E-state index contributed by atoms with van der Waals surface area (Å²) in [6.45, 7) is 0. The van der Waals surface area contributed by atoms with Crippen LogP contribution in [-0.2, 0) is 26.2 Å². The minimum absolute atomic E-state index is 0.00771. The number of anilines is 2. The molecule has 0 aromatic heterocycles. The van der Waals surface area contributed by atoms with E-state index in [1.165, 1.54) is 24.3 Å². The topological polar surface area (TPSA) is 102 Å². The summed E-state index contributed by atoms with van der Waals surface area (Å²) in [6, 6.07) is 14.6. The molecule has 0 unspecified atom stereocenters. The van der Waals surface area contributed by atoms with Gasteiger partial charge in [0.1, 0.15) is 11.6 Å². The summed E-state index contributed by atoms with van der Waals surface area (Å²) in [5.41, 5.74) is -2.11. The Morgan fingerprint density at radius 1 is 0.619 bits per heavy atom. The van der Waals surface area contributed by atoms with Gasteiger partial charge in [0.25, 0.3) is 20.0 Å². The maximum atomic E-state index is 14.5. The fourth-order valence-electron chi connectivity index (χ4n) is 3.65. The fraction of sp³-hybridized carbons (Fsp3) is 0.0769. The molecule has 16 heteroatoms. The molecule has 0 amide bonds. The maximum Gasteiger partial charge on any atom is 0.573 e. The highest BCUT2D eigenvalue weighted by molar-refractivity contribution is 7.93. The van der Waals surface area contributed by atoms with Crippen LogP contribution in [0, 0.1) is 5.82 Å². The summed E-state index contributed by atoms with van der Waals surface area (Å²) in [5.74, 6) is -1.41. The third-order valence-electron chi connectivity index (χ3n) is 5.53. The minimum atomic E-state index is -5.02. The molecule has 42 heavy (non-hydrogen) atoms. The molecule has 0 saturated carbocycles. The van der Waals surface area contributed by atoms with Crippen LogP contribution in [0.1, 0.15) is 5.56 Å². The van der Waals surface area contributed by atoms with Gasteiger partial charge < -0.3 is 4.74 Å². The van der Waals surface area contributed by atoms with E-state index in [0.717, 1.165) is 54.6 Å². The molecule has 0 aliphatic carbocycles. The normalized spacial score (nSPS) is 12.5. The molecule has 0 saturated heterocycles. The third kappa shape index (κ3) is 7.30. The standard InChI is InChI=1S/C26H17F7N2O5S2/c27-22-7-2-1-6-21(22)16-8-13-23(34-41(36,37)19-11-9-18(10-12-19)40-26(31,32)33)24(14-16)35-42(38,39)20-5-3-4-17(15-20)25(28,29)30/h1-15,34-35H. The fourth-order valence-corrected chi connectivity index (χ4v) is 5.84. The molecule has 222 valence electrons. The first-order valence-electron chi connectivity index (χ1n) is 11.4. The average Bonchev–Trinajstić information content (AvgIpc) is 2.89. The number of halogens is 7. The molecule has 0 atom stereocenters. The Bertz CT molecular complexity index is 1830. The van der Waals surface area contributed by atoms with Crippen LogP contribution in [0.3, 0.4) is 0 Å². The number of ether oxygens (including phenoxy) is 1. The van der Waals surface area contributed by atoms with Gasteiger partial charge >= 0.3 is 12.5 Å². The predicted molar refractivity (Wildman–Crippen MR) is 138 cm³/mol. The first kappa shape index (κ1) is 30.6. The molecule has 0 radical (unpaired) electrons. The van der Waals surface area contributed by atoms with Crippen LogP contribution in [0.4, 0.5) is 42.1 Å². The second-order valence-electron chi connectivity index (χ2n) is 8.50. The molecule has 0 fully saturated rings. The Hall–Kier alpha value is -4.31. The monoisotopic (exact) mass is 634 g/mol. The van der Waals surface area contributed by atoms with Gasteiger partial charge in [-0.05, 0) is 66.2 Å². The molecule has 7 nitrogen and oxygen atoms in total. The van der Waals surface area contributed by atoms with Crippen molar-refractivity contribution in [3.63, 3.8) is 0 Å². The van der Waals surface area contributed by atoms with Gasteiger partial charge in [0.05, 0.1) is 26.7 Å². The van der Waals surface area contributed by atoms with Crippen LogP contribution in [0.15, 0.2) is 101 Å². The zero-order chi connectivity index (χ0) is 30.9. The van der Waals surface area contributed by atoms with E-state index < -0.39 is 70.9 Å². The van der Waals surface area contributed by atoms with Crippen molar-refractivity contribution < 1.29 is 52.3 Å². The second-order valence-corrected chi connectivity index (χ2v) is 11.9. The summed E-state index contributed by atoms with van der Waals surface area (Å²) in [4.78, 5) is -1.34. The second kappa shape index (κ2) is 11.2. The zero-order valence-corrected chi connectivity index (χ0v) is 22.3. The van der Waals surface area contributed by atoms with Gasteiger partial charge in [-0.25, -0.2) is 21.2 Å². The lowest BCUT2D eigenvalue weighted by molar-refractivity contribution is -0.274. The van der Waals surface area contributed by atoms with Crippen LogP contribution < -0.4 is 14.2 Å². The van der Waals surface area contributed by atoms with Gasteiger partial charge in [-0.1, -0.05) is 30.3 Å². The number of nitrogens with one attached hydrogen (secondary N) is 2. The summed E-state index contributed by atoms with van der Waals surface area (Å²) in [6.07, 6.45) is -9.89. The van der Waals surface area contributed by atoms with E-state index in [9.17, 15) is 47.6 Å². The van der Waals surface area contributed by atoms with E-state index in [4.69, 9.17) is 0 Å². The largest absolute Gasteiger partial charge is 0.573 e. The zero-order valence-electron chi connectivity index (χ0n) is 20.7. The molecule has 0 aliphatic heterocycles.